The van der Waals surface area contributed by atoms with E-state index in [1.54, 1.807) is 6.08 Å². The summed E-state index contributed by atoms with van der Waals surface area (Å²) in [6.45, 7) is 4.34. The number of unbranched alkanes of at least 4 members (excludes halogenated alkanes) is 6. The van der Waals surface area contributed by atoms with Crippen LogP contribution >= 0.6 is 0 Å². The Hall–Kier alpha value is -3.23. The van der Waals surface area contributed by atoms with Crippen LogP contribution in [0.4, 0.5) is 0 Å². The van der Waals surface area contributed by atoms with Crippen LogP contribution in [0.5, 0.6) is 0 Å². The van der Waals surface area contributed by atoms with Gasteiger partial charge < -0.3 is 23.8 Å². The second-order valence-electron chi connectivity index (χ2n) is 13.1. The molecule has 0 aliphatic rings. The van der Waals surface area contributed by atoms with Crippen LogP contribution in [0.3, 0.4) is 0 Å². The zero-order chi connectivity index (χ0) is 36.4. The molecule has 0 aliphatic carbocycles. The number of hydrogen-bond acceptors (Lipinski definition) is 6. The number of carbonyl (C=O) groups excluding carboxylic acids is 2. The van der Waals surface area contributed by atoms with E-state index in [-0.39, 0.29) is 36.7 Å². The number of esters is 2. The second-order valence-corrected chi connectivity index (χ2v) is 13.1. The van der Waals surface area contributed by atoms with Gasteiger partial charge in [-0.15, -0.1) is 0 Å². The predicted octanol–water partition coefficient (Wildman–Crippen LogP) is 9.24. The minimum atomic E-state index is -0.892. The topological polar surface area (TPSA) is 99.1 Å². The van der Waals surface area contributed by atoms with E-state index >= 15 is 0 Å². The Morgan fingerprint density at radius 3 is 1.69 bits per heavy atom. The molecule has 1 N–H and O–H groups in total. The van der Waals surface area contributed by atoms with Gasteiger partial charge in [0.15, 0.2) is 12.1 Å². The van der Waals surface area contributed by atoms with Gasteiger partial charge in [0.1, 0.15) is 6.61 Å². The van der Waals surface area contributed by atoms with Crippen molar-refractivity contribution in [2.45, 2.75) is 129 Å². The number of nitrogens with zero attached hydrogens (tertiary/aromatic N) is 1. The van der Waals surface area contributed by atoms with Crippen molar-refractivity contribution in [2.24, 2.45) is 0 Å². The summed E-state index contributed by atoms with van der Waals surface area (Å²) >= 11 is 0. The van der Waals surface area contributed by atoms with E-state index < -0.39 is 24.1 Å². The fourth-order valence-corrected chi connectivity index (χ4v) is 4.81. The zero-order valence-electron chi connectivity index (χ0n) is 31.4. The van der Waals surface area contributed by atoms with Crippen molar-refractivity contribution < 1.29 is 38.2 Å². The summed E-state index contributed by atoms with van der Waals surface area (Å²) in [7, 11) is 5.47. The first-order valence-electron chi connectivity index (χ1n) is 18.5. The molecular weight excluding hydrogens is 618 g/mol. The average molecular weight is 687 g/mol. The standard InChI is InChI=1S/C41H67NO7/c1-6-8-10-12-14-16-17-18-19-20-21-22-24-26-28-30-32-40(44)49-37(35-47-34-33-38(41(45)46)42(3,4)5)36-48-39(43)31-29-27-25-23-15-13-11-9-7-2/h8-11,14-16,18-19,23,27,29,37-38H,6-7,12-13,17,20-22,24-26,28,30-36H2,1-5H3/p+1/b10-8+,11-9+,16-14+,19-18+,23-15+,29-27+. The Balaban J connectivity index is 4.52. The third kappa shape index (κ3) is 30.6. The Labute approximate surface area is 298 Å². The first kappa shape index (κ1) is 45.8. The normalized spacial score (nSPS) is 13.9. The second kappa shape index (κ2) is 32.0. The van der Waals surface area contributed by atoms with Crippen LogP contribution in [0.2, 0.25) is 0 Å². The first-order chi connectivity index (χ1) is 23.6. The predicted molar refractivity (Wildman–Crippen MR) is 201 cm³/mol. The Morgan fingerprint density at radius 2 is 1.14 bits per heavy atom. The van der Waals surface area contributed by atoms with E-state index in [0.29, 0.717) is 12.8 Å². The van der Waals surface area contributed by atoms with Crippen molar-refractivity contribution in [3.8, 4) is 0 Å². The maximum absolute atomic E-state index is 12.6. The summed E-state index contributed by atoms with van der Waals surface area (Å²) in [4.78, 5) is 36.6. The van der Waals surface area contributed by atoms with Crippen LogP contribution in [-0.4, -0.2) is 80.6 Å². The lowest BCUT2D eigenvalue weighted by Crippen LogP contribution is -2.50. The highest BCUT2D eigenvalue weighted by Gasteiger charge is 2.31. The van der Waals surface area contributed by atoms with Gasteiger partial charge in [-0.25, -0.2) is 4.79 Å². The molecule has 8 heteroatoms. The lowest BCUT2D eigenvalue weighted by molar-refractivity contribution is -0.887. The number of ether oxygens (including phenoxy) is 3. The lowest BCUT2D eigenvalue weighted by Gasteiger charge is -2.31. The first-order valence-corrected chi connectivity index (χ1v) is 18.5. The number of rotatable bonds is 31. The van der Waals surface area contributed by atoms with E-state index in [4.69, 9.17) is 14.2 Å². The van der Waals surface area contributed by atoms with Crippen LogP contribution in [0.15, 0.2) is 72.9 Å². The number of likely N-dealkylation sites (N-methyl/N-ethyl adjacent to an activating group) is 1. The molecule has 0 aromatic rings. The molecule has 0 saturated heterocycles. The Kier molecular flexibility index (Phi) is 29.9. The largest absolute Gasteiger partial charge is 0.477 e. The van der Waals surface area contributed by atoms with Gasteiger partial charge in [0.25, 0.3) is 0 Å². The number of carboxylic acids is 1. The van der Waals surface area contributed by atoms with E-state index in [1.807, 2.05) is 27.2 Å². The molecule has 0 aliphatic heterocycles. The SMILES string of the molecule is CC/C=C/C/C=C/C/C=C/CCCCCCCCC(=O)OC(COCCC(C(=O)O)[N+](C)(C)C)COC(=O)C/C=C/C/C=C/C/C=C/CC. The van der Waals surface area contributed by atoms with Crippen molar-refractivity contribution in [1.82, 2.24) is 0 Å². The third-order valence-corrected chi connectivity index (χ3v) is 7.63. The number of carboxylic acid groups (broad SMARTS) is 1. The average Bonchev–Trinajstić information content (AvgIpc) is 3.05. The number of carbonyl (C=O) groups is 3. The molecule has 0 aromatic heterocycles. The third-order valence-electron chi connectivity index (χ3n) is 7.63. The van der Waals surface area contributed by atoms with Crippen molar-refractivity contribution in [3.05, 3.63) is 72.9 Å². The summed E-state index contributed by atoms with van der Waals surface area (Å²) in [5, 5.41) is 9.56. The van der Waals surface area contributed by atoms with Crippen LogP contribution in [0.25, 0.3) is 0 Å². The molecule has 0 radical (unpaired) electrons. The number of quaternary nitrogens is 1. The molecule has 0 amide bonds. The molecule has 2 atom stereocenters. The van der Waals surface area contributed by atoms with Gasteiger partial charge in [-0.3, -0.25) is 9.59 Å². The molecule has 49 heavy (non-hydrogen) atoms. The molecular formula is C41H68NO7+. The number of hydrogen-bond donors (Lipinski definition) is 1. The Morgan fingerprint density at radius 1 is 0.633 bits per heavy atom. The molecule has 278 valence electrons. The Bertz CT molecular complexity index is 1030. The summed E-state index contributed by atoms with van der Waals surface area (Å²) < 4.78 is 17.0. The van der Waals surface area contributed by atoms with E-state index in [1.165, 1.54) is 12.8 Å². The van der Waals surface area contributed by atoms with Gasteiger partial charge in [0.2, 0.25) is 0 Å². The van der Waals surface area contributed by atoms with Crippen LogP contribution in [0.1, 0.15) is 117 Å². The molecule has 0 saturated carbocycles. The van der Waals surface area contributed by atoms with Gasteiger partial charge >= 0.3 is 17.9 Å². The maximum atomic E-state index is 12.6. The zero-order valence-corrected chi connectivity index (χ0v) is 31.4. The van der Waals surface area contributed by atoms with Crippen molar-refractivity contribution in [1.29, 1.82) is 0 Å². The summed E-state index contributed by atoms with van der Waals surface area (Å²) in [6.07, 6.45) is 38.4. The molecule has 2 unspecified atom stereocenters. The lowest BCUT2D eigenvalue weighted by atomic mass is 10.1. The van der Waals surface area contributed by atoms with Crippen LogP contribution in [-0.2, 0) is 28.6 Å². The molecule has 0 fully saturated rings. The van der Waals surface area contributed by atoms with E-state index in [9.17, 15) is 19.5 Å². The number of aliphatic carboxylic acids is 1. The van der Waals surface area contributed by atoms with Crippen molar-refractivity contribution >= 4 is 17.9 Å². The fraction of sp³-hybridized carbons (Fsp3) is 0.634. The maximum Gasteiger partial charge on any atom is 0.362 e. The van der Waals surface area contributed by atoms with Crippen molar-refractivity contribution in [2.75, 3.05) is 41.0 Å². The summed E-state index contributed by atoms with van der Waals surface area (Å²) in [5.74, 6) is -1.65. The molecule has 0 rings (SSSR count). The highest BCUT2D eigenvalue weighted by molar-refractivity contribution is 5.72. The number of allylic oxidation sites excluding steroid dienone is 11. The van der Waals surface area contributed by atoms with Gasteiger partial charge in [-0.1, -0.05) is 112 Å². The molecule has 0 spiro atoms. The van der Waals surface area contributed by atoms with Crippen LogP contribution < -0.4 is 0 Å². The highest BCUT2D eigenvalue weighted by atomic mass is 16.6. The monoisotopic (exact) mass is 686 g/mol. The van der Waals surface area contributed by atoms with Gasteiger partial charge in [-0.05, 0) is 57.8 Å². The minimum absolute atomic E-state index is 0.0245. The van der Waals surface area contributed by atoms with Crippen LogP contribution in [0, 0.1) is 0 Å². The van der Waals surface area contributed by atoms with E-state index in [0.717, 1.165) is 70.6 Å². The van der Waals surface area contributed by atoms with Gasteiger partial charge in [0, 0.05) is 12.8 Å². The summed E-state index contributed by atoms with van der Waals surface area (Å²) in [5.41, 5.74) is 0. The molecule has 0 aromatic carbocycles. The van der Waals surface area contributed by atoms with Gasteiger partial charge in [-0.2, -0.15) is 0 Å². The molecule has 8 nitrogen and oxygen atoms in total. The molecule has 0 bridgehead atoms. The minimum Gasteiger partial charge on any atom is -0.477 e. The van der Waals surface area contributed by atoms with E-state index in [2.05, 4.69) is 74.6 Å². The van der Waals surface area contributed by atoms with Crippen molar-refractivity contribution in [3.63, 3.8) is 0 Å². The molecule has 0 heterocycles. The van der Waals surface area contributed by atoms with Gasteiger partial charge in [0.05, 0.1) is 40.8 Å². The quantitative estimate of drug-likeness (QED) is 0.0336. The summed E-state index contributed by atoms with van der Waals surface area (Å²) in [6, 6.07) is -0.630. The smallest absolute Gasteiger partial charge is 0.362 e. The highest BCUT2D eigenvalue weighted by Crippen LogP contribution is 2.12. The fourth-order valence-electron chi connectivity index (χ4n) is 4.81.